The van der Waals surface area contributed by atoms with Gasteiger partial charge >= 0.3 is 5.63 Å². The zero-order valence-electron chi connectivity index (χ0n) is 14.5. The molecule has 1 aliphatic heterocycles. The van der Waals surface area contributed by atoms with Crippen molar-refractivity contribution in [3.63, 3.8) is 0 Å². The number of nitrogens with zero attached hydrogens (tertiary/aromatic N) is 1. The molecule has 5 nitrogen and oxygen atoms in total. The molecule has 0 saturated carbocycles. The Hall–Kier alpha value is -2.57. The zero-order valence-corrected chi connectivity index (χ0v) is 15.3. The zero-order chi connectivity index (χ0) is 19.0. The summed E-state index contributed by atoms with van der Waals surface area (Å²) in [5, 5.41) is 10.7. The number of phenolic OH excluding ortho intramolecular Hbond substituents is 1. The van der Waals surface area contributed by atoms with Crippen molar-refractivity contribution in [1.29, 1.82) is 0 Å². The normalized spacial score (nSPS) is 15.4. The monoisotopic (exact) mass is 389 g/mol. The van der Waals surface area contributed by atoms with Crippen molar-refractivity contribution in [2.75, 3.05) is 31.1 Å². The number of quaternary nitrogens is 1. The van der Waals surface area contributed by atoms with E-state index in [9.17, 15) is 14.3 Å². The fraction of sp³-hybridized carbons (Fsp3) is 0.250. The summed E-state index contributed by atoms with van der Waals surface area (Å²) in [5.74, 6) is -0.341. The Morgan fingerprint density at radius 3 is 2.56 bits per heavy atom. The number of nitrogens with one attached hydrogen (secondary N) is 1. The van der Waals surface area contributed by atoms with Gasteiger partial charge in [-0.25, -0.2) is 9.18 Å². The number of hydrogen-bond acceptors (Lipinski definition) is 4. The Labute approximate surface area is 160 Å². The fourth-order valence-corrected chi connectivity index (χ4v) is 3.72. The van der Waals surface area contributed by atoms with Gasteiger partial charge in [0.2, 0.25) is 0 Å². The maximum atomic E-state index is 13.1. The van der Waals surface area contributed by atoms with E-state index < -0.39 is 5.63 Å². The predicted molar refractivity (Wildman–Crippen MR) is 102 cm³/mol. The van der Waals surface area contributed by atoms with E-state index in [1.54, 1.807) is 18.2 Å². The molecule has 0 atom stereocenters. The summed E-state index contributed by atoms with van der Waals surface area (Å²) in [6.07, 6.45) is 0. The van der Waals surface area contributed by atoms with Crippen LogP contribution in [-0.2, 0) is 6.54 Å². The van der Waals surface area contributed by atoms with Crippen LogP contribution in [0, 0.1) is 5.82 Å². The number of rotatable bonds is 3. The van der Waals surface area contributed by atoms with E-state index in [-0.39, 0.29) is 16.6 Å². The van der Waals surface area contributed by atoms with Crippen LogP contribution in [0.2, 0.25) is 5.02 Å². The van der Waals surface area contributed by atoms with E-state index in [0.29, 0.717) is 12.1 Å². The number of halogens is 2. The molecule has 4 rings (SSSR count). The Kier molecular flexibility index (Phi) is 4.76. The van der Waals surface area contributed by atoms with Gasteiger partial charge in [-0.1, -0.05) is 11.6 Å². The first-order valence-corrected chi connectivity index (χ1v) is 9.17. The van der Waals surface area contributed by atoms with Gasteiger partial charge in [0.05, 0.1) is 31.2 Å². The van der Waals surface area contributed by atoms with Gasteiger partial charge in [0, 0.05) is 28.8 Å². The fourth-order valence-electron chi connectivity index (χ4n) is 3.56. The Morgan fingerprint density at radius 2 is 1.85 bits per heavy atom. The van der Waals surface area contributed by atoms with Gasteiger partial charge < -0.3 is 19.3 Å². The second-order valence-electron chi connectivity index (χ2n) is 6.78. The van der Waals surface area contributed by atoms with Crippen LogP contribution >= 0.6 is 11.6 Å². The molecular formula is C20H19ClFN2O3+. The maximum absolute atomic E-state index is 13.1. The highest BCUT2D eigenvalue weighted by molar-refractivity contribution is 6.32. The summed E-state index contributed by atoms with van der Waals surface area (Å²) in [5.41, 5.74) is 1.77. The lowest BCUT2D eigenvalue weighted by molar-refractivity contribution is -0.914. The van der Waals surface area contributed by atoms with Crippen LogP contribution in [0.4, 0.5) is 10.1 Å². The minimum Gasteiger partial charge on any atom is -0.506 e. The Balaban J connectivity index is 1.51. The molecule has 2 aromatic carbocycles. The van der Waals surface area contributed by atoms with Crippen LogP contribution in [0.3, 0.4) is 0 Å². The number of phenols is 1. The second-order valence-corrected chi connectivity index (χ2v) is 7.19. The average molecular weight is 390 g/mol. The molecule has 1 aromatic heterocycles. The third-order valence-corrected chi connectivity index (χ3v) is 5.30. The van der Waals surface area contributed by atoms with E-state index in [0.717, 1.165) is 42.8 Å². The number of fused-ring (bicyclic) bond motifs is 1. The predicted octanol–water partition coefficient (Wildman–Crippen LogP) is 2.20. The highest BCUT2D eigenvalue weighted by Gasteiger charge is 2.22. The van der Waals surface area contributed by atoms with Crippen molar-refractivity contribution < 1.29 is 18.8 Å². The molecule has 140 valence electrons. The van der Waals surface area contributed by atoms with Crippen LogP contribution in [0.25, 0.3) is 11.0 Å². The number of hydrogen-bond donors (Lipinski definition) is 2. The molecule has 1 saturated heterocycles. The first-order valence-electron chi connectivity index (χ1n) is 8.79. The summed E-state index contributed by atoms with van der Waals surface area (Å²) in [6, 6.07) is 11.1. The summed E-state index contributed by atoms with van der Waals surface area (Å²) in [7, 11) is 0. The highest BCUT2D eigenvalue weighted by Crippen LogP contribution is 2.29. The smallest absolute Gasteiger partial charge is 0.336 e. The minimum atomic E-state index is -0.441. The largest absolute Gasteiger partial charge is 0.506 e. The van der Waals surface area contributed by atoms with Crippen molar-refractivity contribution >= 4 is 28.3 Å². The van der Waals surface area contributed by atoms with Crippen molar-refractivity contribution in [3.05, 3.63) is 69.3 Å². The van der Waals surface area contributed by atoms with Gasteiger partial charge in [0.15, 0.2) is 0 Å². The van der Waals surface area contributed by atoms with Crippen LogP contribution in [-0.4, -0.2) is 31.3 Å². The van der Waals surface area contributed by atoms with Crippen LogP contribution in [0.5, 0.6) is 5.75 Å². The lowest BCUT2D eigenvalue weighted by atomic mass is 10.1. The van der Waals surface area contributed by atoms with Gasteiger partial charge in [-0.15, -0.1) is 0 Å². The van der Waals surface area contributed by atoms with Gasteiger partial charge in [-0.05, 0) is 30.3 Å². The van der Waals surface area contributed by atoms with Gasteiger partial charge in [0.1, 0.15) is 23.7 Å². The van der Waals surface area contributed by atoms with Crippen molar-refractivity contribution in [2.45, 2.75) is 6.54 Å². The molecule has 1 fully saturated rings. The van der Waals surface area contributed by atoms with Crippen molar-refractivity contribution in [3.8, 4) is 5.75 Å². The first-order chi connectivity index (χ1) is 13.0. The van der Waals surface area contributed by atoms with Crippen molar-refractivity contribution in [1.82, 2.24) is 0 Å². The second kappa shape index (κ2) is 7.21. The molecule has 0 unspecified atom stereocenters. The highest BCUT2D eigenvalue weighted by atomic mass is 35.5. The molecule has 0 radical (unpaired) electrons. The van der Waals surface area contributed by atoms with Gasteiger partial charge in [-0.3, -0.25) is 0 Å². The first kappa shape index (κ1) is 17.8. The average Bonchev–Trinajstić information content (AvgIpc) is 2.65. The lowest BCUT2D eigenvalue weighted by Crippen LogP contribution is -3.13. The quantitative estimate of drug-likeness (QED) is 0.674. The molecular weight excluding hydrogens is 371 g/mol. The van der Waals surface area contributed by atoms with Crippen molar-refractivity contribution in [2.24, 2.45) is 0 Å². The number of anilines is 1. The van der Waals surface area contributed by atoms with E-state index in [2.05, 4.69) is 4.90 Å². The standard InChI is InChI=1S/C20H18ClFN2O3/c21-17-10-16-13(9-20(26)27-19(16)11-18(17)25)12-23-5-7-24(8-6-23)15-3-1-14(22)2-4-15/h1-4,9-11,25H,5-8,12H2/p+1. The number of benzene rings is 2. The summed E-state index contributed by atoms with van der Waals surface area (Å²) in [4.78, 5) is 15.4. The molecule has 3 aromatic rings. The lowest BCUT2D eigenvalue weighted by Gasteiger charge is -2.33. The molecule has 2 N–H and O–H groups in total. The molecule has 0 bridgehead atoms. The van der Waals surface area contributed by atoms with Crippen LogP contribution < -0.4 is 15.4 Å². The summed E-state index contributed by atoms with van der Waals surface area (Å²) >= 11 is 6.03. The molecule has 2 heterocycles. The van der Waals surface area contributed by atoms with E-state index in [4.69, 9.17) is 16.0 Å². The van der Waals surface area contributed by atoms with Crippen LogP contribution in [0.1, 0.15) is 5.56 Å². The molecule has 0 amide bonds. The summed E-state index contributed by atoms with van der Waals surface area (Å²) in [6.45, 7) is 4.15. The topological polar surface area (TPSA) is 58.1 Å². The minimum absolute atomic E-state index is 0.107. The third-order valence-electron chi connectivity index (χ3n) is 5.00. The Morgan fingerprint density at radius 1 is 1.15 bits per heavy atom. The Bertz CT molecular complexity index is 1030. The molecule has 27 heavy (non-hydrogen) atoms. The number of aromatic hydroxyl groups is 1. The molecule has 7 heteroatoms. The molecule has 1 aliphatic rings. The summed E-state index contributed by atoms with van der Waals surface area (Å²) < 4.78 is 18.3. The van der Waals surface area contributed by atoms with E-state index in [1.807, 2.05) is 0 Å². The van der Waals surface area contributed by atoms with E-state index >= 15 is 0 Å². The van der Waals surface area contributed by atoms with Gasteiger partial charge in [0.25, 0.3) is 0 Å². The SMILES string of the molecule is O=c1cc(C[NH+]2CCN(c3ccc(F)cc3)CC2)c2cc(Cl)c(O)cc2o1. The van der Waals surface area contributed by atoms with Gasteiger partial charge in [-0.2, -0.15) is 0 Å². The van der Waals surface area contributed by atoms with Crippen LogP contribution in [0.15, 0.2) is 51.7 Å². The molecule has 0 aliphatic carbocycles. The third kappa shape index (κ3) is 3.77. The van der Waals surface area contributed by atoms with E-state index in [1.165, 1.54) is 29.2 Å². The molecule has 0 spiro atoms. The maximum Gasteiger partial charge on any atom is 0.336 e. The number of piperazine rings is 1.